The molecule has 2 unspecified atom stereocenters. The molecule has 0 radical (unpaired) electrons. The predicted octanol–water partition coefficient (Wildman–Crippen LogP) is -2.62. The molecule has 31 heteroatoms. The van der Waals surface area contributed by atoms with Crippen LogP contribution in [-0.2, 0) is 63.7 Å². The van der Waals surface area contributed by atoms with E-state index < -0.39 is 82.4 Å². The van der Waals surface area contributed by atoms with E-state index in [1.54, 1.807) is 36.4 Å². The van der Waals surface area contributed by atoms with E-state index in [4.69, 9.17) is 50.5 Å². The molecular weight excluding hydrogens is 1110 g/mol. The third-order valence-corrected chi connectivity index (χ3v) is 14.3. The quantitative estimate of drug-likeness (QED) is 0.0164. The first-order chi connectivity index (χ1) is 39.4. The molecule has 29 nitrogen and oxygen atoms in total. The fourth-order valence-corrected chi connectivity index (χ4v) is 10.7. The smallest absolute Gasteiger partial charge is 0.268 e. The van der Waals surface area contributed by atoms with Crippen LogP contribution < -0.4 is 47.0 Å². The molecule has 6 N–H and O–H groups in total. The zero-order valence-corrected chi connectivity index (χ0v) is 45.8. The van der Waals surface area contributed by atoms with Crippen LogP contribution in [0.25, 0.3) is 33.8 Å². The molecule has 0 saturated carbocycles. The van der Waals surface area contributed by atoms with E-state index in [9.17, 15) is 54.2 Å². The number of rotatable bonds is 32. The van der Waals surface area contributed by atoms with E-state index >= 15 is 0 Å². The number of phosphoric ester groups is 1. The molecule has 2 aliphatic heterocycles. The summed E-state index contributed by atoms with van der Waals surface area (Å²) in [5.74, 6) is -4.58. The number of imidazole rings is 1. The maximum absolute atomic E-state index is 12.0. The largest absolute Gasteiger partial charge is 0.756 e. The van der Waals surface area contributed by atoms with Gasteiger partial charge in [0.05, 0.1) is 65.8 Å². The molecule has 0 bridgehead atoms. The lowest BCUT2D eigenvalue weighted by Gasteiger charge is -2.34. The fourth-order valence-electron chi connectivity index (χ4n) is 9.55. The van der Waals surface area contributed by atoms with Crippen molar-refractivity contribution in [3.63, 3.8) is 0 Å². The number of nitrogens with zero attached hydrogens (tertiary/aromatic N) is 9. The Morgan fingerprint density at radius 3 is 1.72 bits per heavy atom. The first-order valence-electron chi connectivity index (χ1n) is 26.1. The molecule has 2 saturated heterocycles. The average molecular weight is 1170 g/mol. The molecule has 0 aliphatic carbocycles. The number of carbonyl (C=O) groups excluding carboxylic acids is 4. The summed E-state index contributed by atoms with van der Waals surface area (Å²) in [6, 6.07) is 13.8. The van der Waals surface area contributed by atoms with Crippen molar-refractivity contribution in [1.29, 1.82) is 0 Å². The number of ether oxygens (including phenoxy) is 1. The molecule has 5 atom stereocenters. The normalized spacial score (nSPS) is 18.7. The first-order valence-corrected chi connectivity index (χ1v) is 28.0. The second kappa shape index (κ2) is 28.5. The molecule has 0 spiro atoms. The van der Waals surface area contributed by atoms with Crippen molar-refractivity contribution in [2.24, 2.45) is 0 Å². The fraction of sp³-hybridized carbons (Fsp3) is 0.451. The van der Waals surface area contributed by atoms with Gasteiger partial charge in [0.15, 0.2) is 28.3 Å². The number of pyridine rings is 2. The van der Waals surface area contributed by atoms with Crippen molar-refractivity contribution in [2.75, 3.05) is 70.0 Å². The maximum Gasteiger partial charge on any atom is 0.268 e. The summed E-state index contributed by atoms with van der Waals surface area (Å²) >= 11 is 5.57. The molecule has 8 heterocycles. The van der Waals surface area contributed by atoms with Gasteiger partial charge in [-0.05, 0) is 99.4 Å². The van der Waals surface area contributed by atoms with E-state index in [0.717, 1.165) is 35.5 Å². The molecule has 82 heavy (non-hydrogen) atoms. The molecule has 2 aliphatic rings. The Labute approximate surface area is 474 Å². The van der Waals surface area contributed by atoms with Gasteiger partial charge in [-0.25, -0.2) is 15.0 Å². The summed E-state index contributed by atoms with van der Waals surface area (Å²) in [5, 5.41) is 67.7. The minimum absolute atomic E-state index is 0.103. The van der Waals surface area contributed by atoms with E-state index in [1.165, 1.54) is 23.4 Å². The zero-order chi connectivity index (χ0) is 58.3. The van der Waals surface area contributed by atoms with Crippen molar-refractivity contribution in [3.05, 3.63) is 90.2 Å². The first kappa shape index (κ1) is 60.6. The number of carbonyl (C=O) groups is 4. The standard InChI is InChI=1S/C51H64N13O16PS/c52-47-44-48(57-30-56-47)64(49-45(73)46-39(79-49)29-78-81(74,75)80-46)50(60-44)53-11-3-1-4-12-54-51(82)55-13-5-2-6-14-61(21-33-17-31(37-9-7-15-76-37)19-35(58-33)23-62(25-40(65)66)26-41(67)68)22-34-18-32(38-10-8-16-77-38)20-36(59-34)24-63(27-42(69)70)28-43(71)72/h7-10,15-20,30,39,45-46,49,73H,1-6,11-14,21-29H2,(H,53,60)(H,65,66)(H,67,68)(H,69,70)(H,71,72)(H,74,75)(H2,52,56,57)(H2,54,55,82)/p-5/t39-,45-,46?,49+/m0/s1. The second-order valence-corrected chi connectivity index (χ2v) is 21.2. The summed E-state index contributed by atoms with van der Waals surface area (Å²) < 4.78 is 40.7. The number of thiocarbonyl (C=S) groups is 1. The SMILES string of the molecule is Nc1ncnc2c1nc(NCCCCCNC(=S)NCCCCCN(Cc1cc(-c3ccco3)cc(CN(CC(=O)[O-])CC(=O)[O-])n1)Cc1cc(-c3ccco3)cc(CN(CC(=O)[O-])CC(=O)[O-])n1)n2[C@@H]1O[C@H]2COP(=O)([O-])OC2[C@@H]1O. The number of aliphatic hydroxyl groups excluding tert-OH is 1. The van der Waals surface area contributed by atoms with Gasteiger partial charge in [0, 0.05) is 83.1 Å². The van der Waals surface area contributed by atoms with Gasteiger partial charge in [-0.2, -0.15) is 0 Å². The van der Waals surface area contributed by atoms with Crippen LogP contribution in [0.5, 0.6) is 0 Å². The molecule has 6 aromatic heterocycles. The zero-order valence-electron chi connectivity index (χ0n) is 44.1. The van der Waals surface area contributed by atoms with Crippen molar-refractivity contribution >= 4 is 72.0 Å². The molecule has 6 aromatic rings. The summed E-state index contributed by atoms with van der Waals surface area (Å²) in [4.78, 5) is 85.2. The van der Waals surface area contributed by atoms with Gasteiger partial charge in [-0.1, -0.05) is 6.42 Å². The van der Waals surface area contributed by atoms with Crippen LogP contribution in [0.1, 0.15) is 67.5 Å². The number of hydrogen-bond acceptors (Lipinski definition) is 27. The maximum atomic E-state index is 12.0. The lowest BCUT2D eigenvalue weighted by Crippen LogP contribution is -2.43. The number of nitrogens with one attached hydrogen (secondary N) is 3. The average Bonchev–Trinajstić information content (AvgIpc) is 4.45. The minimum atomic E-state index is -4.61. The lowest BCUT2D eigenvalue weighted by atomic mass is 10.1. The third kappa shape index (κ3) is 17.3. The van der Waals surface area contributed by atoms with Crippen LogP contribution in [0.2, 0.25) is 0 Å². The van der Waals surface area contributed by atoms with E-state index in [2.05, 4.69) is 35.8 Å². The van der Waals surface area contributed by atoms with E-state index in [-0.39, 0.29) is 55.7 Å². The Kier molecular flexibility index (Phi) is 21.0. The van der Waals surface area contributed by atoms with E-state index in [1.807, 2.05) is 12.1 Å². The van der Waals surface area contributed by atoms with Crippen LogP contribution in [0.15, 0.2) is 76.2 Å². The van der Waals surface area contributed by atoms with Crippen LogP contribution in [-0.4, -0.2) is 156 Å². The molecule has 0 aromatic carbocycles. The molecular formula is C51H59N13O16PS-5. The van der Waals surface area contributed by atoms with Gasteiger partial charge in [-0.3, -0.25) is 33.8 Å². The number of unbranched alkanes of at least 4 members (excludes halogenated alkanes) is 4. The van der Waals surface area contributed by atoms with Gasteiger partial charge >= 0.3 is 0 Å². The van der Waals surface area contributed by atoms with Gasteiger partial charge < -0.3 is 93.9 Å². The number of aromatic nitrogens is 6. The van der Waals surface area contributed by atoms with Gasteiger partial charge in [0.1, 0.15) is 36.2 Å². The van der Waals surface area contributed by atoms with Crippen LogP contribution >= 0.6 is 20.0 Å². The number of carboxylic acids is 4. The topological polar surface area (TPSA) is 416 Å². The molecule has 0 amide bonds. The summed E-state index contributed by atoms with van der Waals surface area (Å²) in [6.45, 7) is -0.898. The Bertz CT molecular complexity index is 3050. The number of phosphoric acid groups is 1. The number of anilines is 2. The van der Waals surface area contributed by atoms with Crippen molar-refractivity contribution in [1.82, 2.24) is 54.8 Å². The van der Waals surface area contributed by atoms with Crippen molar-refractivity contribution < 1.29 is 76.8 Å². The van der Waals surface area contributed by atoms with Gasteiger partial charge in [0.2, 0.25) is 5.95 Å². The monoisotopic (exact) mass is 1170 g/mol. The number of nitrogens with two attached hydrogens (primary N) is 1. The Hall–Kier alpha value is -7.51. The summed E-state index contributed by atoms with van der Waals surface area (Å²) in [5.41, 5.74) is 9.59. The van der Waals surface area contributed by atoms with Crippen molar-refractivity contribution in [3.8, 4) is 22.6 Å². The van der Waals surface area contributed by atoms with Gasteiger partial charge in [-0.15, -0.1) is 0 Å². The number of nitrogen functional groups attached to an aromatic ring is 1. The van der Waals surface area contributed by atoms with E-state index in [0.29, 0.717) is 89.6 Å². The number of aliphatic carboxylic acids is 4. The highest BCUT2D eigenvalue weighted by Gasteiger charge is 2.51. The predicted molar refractivity (Wildman–Crippen MR) is 281 cm³/mol. The minimum Gasteiger partial charge on any atom is -0.756 e. The number of carboxylic acid groups (broad SMARTS) is 4. The summed E-state index contributed by atoms with van der Waals surface area (Å²) in [6.07, 6.45) is 4.09. The Morgan fingerprint density at radius 1 is 0.720 bits per heavy atom. The van der Waals surface area contributed by atoms with Crippen molar-refractivity contribution in [2.45, 2.75) is 89.2 Å². The van der Waals surface area contributed by atoms with Gasteiger partial charge in [0.25, 0.3) is 7.82 Å². The number of fused-ring (bicyclic) bond motifs is 2. The molecule has 2 fully saturated rings. The molecule has 8 rings (SSSR count). The Morgan fingerprint density at radius 2 is 1.22 bits per heavy atom. The molecule has 440 valence electrons. The highest BCUT2D eigenvalue weighted by atomic mass is 32.1. The van der Waals surface area contributed by atoms with Crippen LogP contribution in [0, 0.1) is 0 Å². The number of hydrogen-bond donors (Lipinski definition) is 5. The lowest BCUT2D eigenvalue weighted by molar-refractivity contribution is -0.313. The highest BCUT2D eigenvalue weighted by molar-refractivity contribution is 7.80. The number of furan rings is 2. The van der Waals surface area contributed by atoms with Crippen LogP contribution in [0.3, 0.4) is 0 Å². The third-order valence-electron chi connectivity index (χ3n) is 13.0. The summed E-state index contributed by atoms with van der Waals surface area (Å²) in [7, 11) is -4.61. The van der Waals surface area contributed by atoms with Crippen LogP contribution in [0.4, 0.5) is 11.8 Å². The Balaban J connectivity index is 0.868. The number of aliphatic hydroxyl groups is 1. The second-order valence-electron chi connectivity index (χ2n) is 19.5. The highest BCUT2D eigenvalue weighted by Crippen LogP contribution is 2.50.